The molecule has 0 amide bonds. The lowest BCUT2D eigenvalue weighted by Crippen LogP contribution is -2.68. The number of rotatable bonds is 11. The average Bonchev–Trinajstić information content (AvgIpc) is 2.72. The molecular formula is C14H19F10N3O8S3. The smallest absolute Gasteiger partial charge is 0.462 e. The average molecular weight is 643 g/mol. The van der Waals surface area contributed by atoms with Crippen LogP contribution in [0.2, 0.25) is 0 Å². The first-order valence-electron chi connectivity index (χ1n) is 9.66. The third kappa shape index (κ3) is 6.13. The zero-order valence-corrected chi connectivity index (χ0v) is 21.3. The van der Waals surface area contributed by atoms with Crippen LogP contribution in [-0.2, 0) is 39.6 Å². The normalized spacial score (nSPS) is 21.9. The number of nitrogens with zero attached hydrogens (tertiary/aromatic N) is 2. The summed E-state index contributed by atoms with van der Waals surface area (Å²) in [6.45, 7) is -2.60. The lowest BCUT2D eigenvalue weighted by molar-refractivity contribution is -0.245. The number of sulfonamides is 3. The van der Waals surface area contributed by atoms with Crippen LogP contribution in [0.1, 0.15) is 13.8 Å². The standard InChI is InChI=1S/C14H19F10N3O8S3/c1-8-5-26(6-9(2)27(8)7-10(28)35-4-3-15)38(33,34)13(20,21)11(16,17)12(18,19)36(29,30)25-37(31,32)14(22,23)24/h8-9,25H,3-7H2,1-2H3. The van der Waals surface area contributed by atoms with Crippen molar-refractivity contribution in [3.63, 3.8) is 0 Å². The number of esters is 1. The molecule has 0 aromatic rings. The zero-order chi connectivity index (χ0) is 30.3. The number of nitrogens with one attached hydrogen (secondary N) is 1. The Morgan fingerprint density at radius 2 is 1.29 bits per heavy atom. The minimum absolute atomic E-state index is 0.456. The summed E-state index contributed by atoms with van der Waals surface area (Å²) in [4.78, 5) is 12.7. The molecule has 1 aliphatic rings. The van der Waals surface area contributed by atoms with Crippen molar-refractivity contribution >= 4 is 36.0 Å². The van der Waals surface area contributed by atoms with Crippen LogP contribution in [0.25, 0.3) is 0 Å². The van der Waals surface area contributed by atoms with Crippen molar-refractivity contribution in [1.29, 1.82) is 0 Å². The van der Waals surface area contributed by atoms with Crippen LogP contribution in [0, 0.1) is 0 Å². The fourth-order valence-corrected chi connectivity index (χ4v) is 7.15. The lowest BCUT2D eigenvalue weighted by Gasteiger charge is -2.44. The van der Waals surface area contributed by atoms with Gasteiger partial charge in [-0.25, -0.2) is 29.6 Å². The van der Waals surface area contributed by atoms with E-state index >= 15 is 0 Å². The molecule has 0 radical (unpaired) electrons. The molecule has 1 aliphatic heterocycles. The van der Waals surface area contributed by atoms with E-state index in [9.17, 15) is 74.0 Å². The molecule has 2 unspecified atom stereocenters. The molecule has 1 fully saturated rings. The van der Waals surface area contributed by atoms with E-state index in [4.69, 9.17) is 0 Å². The van der Waals surface area contributed by atoms with Gasteiger partial charge in [0.15, 0.2) is 0 Å². The molecule has 2 atom stereocenters. The first-order valence-corrected chi connectivity index (χ1v) is 14.1. The van der Waals surface area contributed by atoms with Gasteiger partial charge < -0.3 is 4.74 Å². The third-order valence-electron chi connectivity index (χ3n) is 4.98. The molecule has 1 rings (SSSR count). The molecule has 11 nitrogen and oxygen atoms in total. The van der Waals surface area contributed by atoms with Crippen LogP contribution in [-0.4, -0.2) is 107 Å². The minimum atomic E-state index is -7.87. The number of halogens is 10. The van der Waals surface area contributed by atoms with Crippen molar-refractivity contribution in [3.8, 4) is 0 Å². The molecule has 38 heavy (non-hydrogen) atoms. The maximum absolute atomic E-state index is 14.5. The van der Waals surface area contributed by atoms with Crippen molar-refractivity contribution in [1.82, 2.24) is 13.3 Å². The SMILES string of the molecule is CC1CN(S(=O)(=O)C(F)(F)C(F)(F)C(F)(F)S(=O)(=O)NS(=O)(=O)C(F)(F)F)CC(C)N1CC(=O)OCCF. The molecule has 1 heterocycles. The molecule has 1 saturated heterocycles. The third-order valence-corrected chi connectivity index (χ3v) is 10.2. The van der Waals surface area contributed by atoms with Crippen molar-refractivity contribution < 1.29 is 78.7 Å². The van der Waals surface area contributed by atoms with E-state index < -0.39 is 111 Å². The number of carbonyl (C=O) groups excluding carboxylic acids is 1. The molecular weight excluding hydrogens is 624 g/mol. The van der Waals surface area contributed by atoms with Crippen LogP contribution in [0.5, 0.6) is 0 Å². The van der Waals surface area contributed by atoms with Crippen molar-refractivity contribution in [2.24, 2.45) is 0 Å². The lowest BCUT2D eigenvalue weighted by atomic mass is 10.1. The maximum atomic E-state index is 14.5. The van der Waals surface area contributed by atoms with Crippen LogP contribution in [0.3, 0.4) is 0 Å². The van der Waals surface area contributed by atoms with Gasteiger partial charge in [-0.2, -0.15) is 43.8 Å². The minimum Gasteiger partial charge on any atom is -0.462 e. The molecule has 24 heteroatoms. The zero-order valence-electron chi connectivity index (χ0n) is 18.9. The van der Waals surface area contributed by atoms with E-state index in [1.54, 1.807) is 0 Å². The van der Waals surface area contributed by atoms with Gasteiger partial charge in [-0.05, 0) is 13.8 Å². The fourth-order valence-electron chi connectivity index (χ4n) is 3.07. The molecule has 0 spiro atoms. The highest BCUT2D eigenvalue weighted by Gasteiger charge is 2.83. The van der Waals surface area contributed by atoms with Gasteiger partial charge in [-0.3, -0.25) is 9.69 Å². The Bertz CT molecular complexity index is 1200. The first-order chi connectivity index (χ1) is 16.7. The van der Waals surface area contributed by atoms with Gasteiger partial charge in [-0.1, -0.05) is 4.13 Å². The largest absolute Gasteiger partial charge is 0.512 e. The topological polar surface area (TPSA) is 147 Å². The van der Waals surface area contributed by atoms with Crippen LogP contribution >= 0.6 is 0 Å². The van der Waals surface area contributed by atoms with Crippen LogP contribution in [0.4, 0.5) is 43.9 Å². The van der Waals surface area contributed by atoms with Gasteiger partial charge >= 0.3 is 37.9 Å². The Hall–Kier alpha value is -1.50. The molecule has 226 valence electrons. The number of alkyl halides is 10. The number of hydrogen-bond acceptors (Lipinski definition) is 9. The second-order valence-electron chi connectivity index (χ2n) is 7.75. The summed E-state index contributed by atoms with van der Waals surface area (Å²) in [6.07, 6.45) is 0. The predicted molar refractivity (Wildman–Crippen MR) is 105 cm³/mol. The van der Waals surface area contributed by atoms with Crippen LogP contribution in [0.15, 0.2) is 0 Å². The maximum Gasteiger partial charge on any atom is 0.512 e. The summed E-state index contributed by atoms with van der Waals surface area (Å²) in [5, 5.41) is -14.5. The number of carbonyl (C=O) groups is 1. The van der Waals surface area contributed by atoms with Crippen LogP contribution < -0.4 is 4.13 Å². The van der Waals surface area contributed by atoms with E-state index in [0.717, 1.165) is 18.7 Å². The van der Waals surface area contributed by atoms with Gasteiger partial charge in [0.05, 0.1) is 6.54 Å². The van der Waals surface area contributed by atoms with Gasteiger partial charge in [0.2, 0.25) is 0 Å². The Balaban J connectivity index is 3.35. The molecule has 0 bridgehead atoms. The number of ether oxygens (including phenoxy) is 1. The van der Waals surface area contributed by atoms with Crippen molar-refractivity contribution in [2.75, 3.05) is 32.9 Å². The highest BCUT2D eigenvalue weighted by atomic mass is 32.3. The van der Waals surface area contributed by atoms with Crippen molar-refractivity contribution in [2.45, 2.75) is 47.9 Å². The first kappa shape index (κ1) is 34.5. The van der Waals surface area contributed by atoms with E-state index in [0.29, 0.717) is 0 Å². The molecule has 0 aromatic heterocycles. The van der Waals surface area contributed by atoms with Gasteiger partial charge in [0.1, 0.15) is 13.3 Å². The number of hydrogen-bond donors (Lipinski definition) is 1. The summed E-state index contributed by atoms with van der Waals surface area (Å²) in [5.74, 6) is -8.59. The monoisotopic (exact) mass is 643 g/mol. The van der Waals surface area contributed by atoms with E-state index in [-0.39, 0.29) is 0 Å². The summed E-state index contributed by atoms with van der Waals surface area (Å²) >= 11 is 0. The van der Waals surface area contributed by atoms with E-state index in [1.807, 2.05) is 0 Å². The summed E-state index contributed by atoms with van der Waals surface area (Å²) in [5.41, 5.74) is -6.68. The second kappa shape index (κ2) is 10.8. The highest BCUT2D eigenvalue weighted by Crippen LogP contribution is 2.51. The summed E-state index contributed by atoms with van der Waals surface area (Å²) in [6, 6.07) is -2.56. The molecule has 0 aliphatic carbocycles. The molecule has 1 N–H and O–H groups in total. The van der Waals surface area contributed by atoms with Gasteiger partial charge in [0.25, 0.3) is 20.0 Å². The summed E-state index contributed by atoms with van der Waals surface area (Å²) < 4.78 is 207. The van der Waals surface area contributed by atoms with E-state index in [2.05, 4.69) is 4.74 Å². The Labute approximate surface area is 209 Å². The van der Waals surface area contributed by atoms with Gasteiger partial charge in [0, 0.05) is 25.2 Å². The fraction of sp³-hybridized carbons (Fsp3) is 0.929. The predicted octanol–water partition coefficient (Wildman–Crippen LogP) is 0.813. The Morgan fingerprint density at radius 1 is 0.842 bits per heavy atom. The number of piperazine rings is 1. The molecule has 0 aromatic carbocycles. The second-order valence-corrected chi connectivity index (χ2v) is 13.4. The molecule has 0 saturated carbocycles. The highest BCUT2D eigenvalue weighted by molar-refractivity contribution is 8.05. The quantitative estimate of drug-likeness (QED) is 0.255. The van der Waals surface area contributed by atoms with Crippen molar-refractivity contribution in [3.05, 3.63) is 0 Å². The summed E-state index contributed by atoms with van der Waals surface area (Å²) in [7, 11) is -22.2. The Kier molecular flexibility index (Phi) is 9.83. The Morgan fingerprint density at radius 3 is 1.68 bits per heavy atom. The van der Waals surface area contributed by atoms with Gasteiger partial charge in [-0.15, -0.1) is 0 Å². The van der Waals surface area contributed by atoms with E-state index in [1.165, 1.54) is 0 Å².